The summed E-state index contributed by atoms with van der Waals surface area (Å²) in [6, 6.07) is -0.932. The molecule has 2 atom stereocenters. The van der Waals surface area contributed by atoms with Gasteiger partial charge in [-0.1, -0.05) is 0 Å². The number of carbonyl (C=O) groups excluding carboxylic acids is 1. The molecule has 1 fully saturated rings. The average Bonchev–Trinajstić information content (AvgIpc) is 2.56. The van der Waals surface area contributed by atoms with Crippen LogP contribution < -0.4 is 0 Å². The number of nitrogens with zero attached hydrogens (tertiary/aromatic N) is 1. The van der Waals surface area contributed by atoms with E-state index in [9.17, 15) is 14.7 Å². The Morgan fingerprint density at radius 3 is 2.62 bits per heavy atom. The molecule has 1 heterocycles. The molecule has 0 spiro atoms. The molecule has 1 saturated heterocycles. The van der Waals surface area contributed by atoms with Gasteiger partial charge in [0.1, 0.15) is 12.6 Å². The molecule has 0 saturated carbocycles. The number of β-amino-alcohol motifs (C(OH)–C–C–N with tert-alkyl or cyclic N) is 1. The Hall–Kier alpha value is -1.14. The largest absolute Gasteiger partial charge is 0.480 e. The number of likely N-dealkylation sites (tertiary alicyclic amines) is 1. The molecule has 16 heavy (non-hydrogen) atoms. The highest BCUT2D eigenvalue weighted by molar-refractivity contribution is 5.85. The van der Waals surface area contributed by atoms with Gasteiger partial charge in [0, 0.05) is 13.0 Å². The third kappa shape index (κ3) is 3.18. The molecule has 0 aromatic rings. The molecule has 92 valence electrons. The number of carbonyl (C=O) groups is 2. The second-order valence-electron chi connectivity index (χ2n) is 4.15. The van der Waals surface area contributed by atoms with Crippen LogP contribution in [0.25, 0.3) is 0 Å². The minimum absolute atomic E-state index is 0.0667. The zero-order valence-electron chi connectivity index (χ0n) is 9.42. The first-order valence-electron chi connectivity index (χ1n) is 5.23. The third-order valence-corrected chi connectivity index (χ3v) is 2.42. The molecule has 1 rings (SSSR count). The number of carboxylic acids is 1. The van der Waals surface area contributed by atoms with E-state index in [1.165, 1.54) is 0 Å². The van der Waals surface area contributed by atoms with Crippen LogP contribution in [0, 0.1) is 0 Å². The van der Waals surface area contributed by atoms with Crippen LogP contribution in [0.5, 0.6) is 0 Å². The topological polar surface area (TPSA) is 87.1 Å². The van der Waals surface area contributed by atoms with E-state index < -0.39 is 24.0 Å². The van der Waals surface area contributed by atoms with E-state index in [0.29, 0.717) is 0 Å². The third-order valence-electron chi connectivity index (χ3n) is 2.42. The first kappa shape index (κ1) is 12.9. The predicted octanol–water partition coefficient (Wildman–Crippen LogP) is -0.542. The lowest BCUT2D eigenvalue weighted by molar-refractivity contribution is -0.150. The summed E-state index contributed by atoms with van der Waals surface area (Å²) in [7, 11) is 0. The Kier molecular flexibility index (Phi) is 4.26. The van der Waals surface area contributed by atoms with Crippen molar-refractivity contribution in [2.24, 2.45) is 0 Å². The fraction of sp³-hybridized carbons (Fsp3) is 0.800. The summed E-state index contributed by atoms with van der Waals surface area (Å²) in [4.78, 5) is 23.7. The lowest BCUT2D eigenvalue weighted by atomic mass is 10.2. The standard InChI is InChI=1S/C10H17NO5/c1-6(2)16-5-9(13)11-4-7(12)3-8(11)10(14)15/h6-8,12H,3-5H2,1-2H3,(H,14,15). The zero-order valence-corrected chi connectivity index (χ0v) is 9.42. The maximum Gasteiger partial charge on any atom is 0.326 e. The van der Waals surface area contributed by atoms with Crippen molar-refractivity contribution >= 4 is 11.9 Å². The van der Waals surface area contributed by atoms with Crippen LogP contribution in [0.1, 0.15) is 20.3 Å². The van der Waals surface area contributed by atoms with Crippen molar-refractivity contribution < 1.29 is 24.5 Å². The minimum Gasteiger partial charge on any atom is -0.480 e. The number of aliphatic hydroxyl groups excluding tert-OH is 1. The van der Waals surface area contributed by atoms with E-state index >= 15 is 0 Å². The maximum atomic E-state index is 11.6. The lowest BCUT2D eigenvalue weighted by Gasteiger charge is -2.21. The van der Waals surface area contributed by atoms with E-state index in [2.05, 4.69) is 0 Å². The van der Waals surface area contributed by atoms with Crippen molar-refractivity contribution in [3.8, 4) is 0 Å². The molecular weight excluding hydrogens is 214 g/mol. The van der Waals surface area contributed by atoms with Crippen LogP contribution in [0.2, 0.25) is 0 Å². The molecule has 1 amide bonds. The Morgan fingerprint density at radius 1 is 1.50 bits per heavy atom. The highest BCUT2D eigenvalue weighted by Crippen LogP contribution is 2.18. The Labute approximate surface area is 93.8 Å². The van der Waals surface area contributed by atoms with Gasteiger partial charge in [0.15, 0.2) is 0 Å². The number of aliphatic carboxylic acids is 1. The number of hydrogen-bond donors (Lipinski definition) is 2. The van der Waals surface area contributed by atoms with Crippen molar-refractivity contribution in [1.82, 2.24) is 4.90 Å². The second kappa shape index (κ2) is 5.27. The molecular formula is C10H17NO5. The monoisotopic (exact) mass is 231 g/mol. The quantitative estimate of drug-likeness (QED) is 0.678. The molecule has 0 radical (unpaired) electrons. The second-order valence-corrected chi connectivity index (χ2v) is 4.15. The van der Waals surface area contributed by atoms with Crippen molar-refractivity contribution in [2.75, 3.05) is 13.2 Å². The fourth-order valence-electron chi connectivity index (χ4n) is 1.64. The number of carboxylic acid groups (broad SMARTS) is 1. The number of hydrogen-bond acceptors (Lipinski definition) is 4. The summed E-state index contributed by atoms with van der Waals surface area (Å²) < 4.78 is 5.11. The summed E-state index contributed by atoms with van der Waals surface area (Å²) in [5, 5.41) is 18.2. The van der Waals surface area contributed by atoms with E-state index in [1.807, 2.05) is 0 Å². The van der Waals surface area contributed by atoms with Crippen molar-refractivity contribution in [2.45, 2.75) is 38.5 Å². The fourth-order valence-corrected chi connectivity index (χ4v) is 1.64. The molecule has 2 unspecified atom stereocenters. The van der Waals surface area contributed by atoms with Gasteiger partial charge in [-0.15, -0.1) is 0 Å². The van der Waals surface area contributed by atoms with E-state index in [1.54, 1.807) is 13.8 Å². The summed E-state index contributed by atoms with van der Waals surface area (Å²) in [5.41, 5.74) is 0. The van der Waals surface area contributed by atoms with E-state index in [-0.39, 0.29) is 25.7 Å². The van der Waals surface area contributed by atoms with Crippen LogP contribution in [0.3, 0.4) is 0 Å². The summed E-state index contributed by atoms with van der Waals surface area (Å²) >= 11 is 0. The molecule has 0 bridgehead atoms. The first-order valence-corrected chi connectivity index (χ1v) is 5.23. The first-order chi connectivity index (χ1) is 7.41. The smallest absolute Gasteiger partial charge is 0.326 e. The van der Waals surface area contributed by atoms with Crippen LogP contribution in [-0.4, -0.2) is 58.4 Å². The van der Waals surface area contributed by atoms with Crippen LogP contribution in [-0.2, 0) is 14.3 Å². The zero-order chi connectivity index (χ0) is 12.3. The maximum absolute atomic E-state index is 11.6. The molecule has 6 heteroatoms. The molecule has 0 aliphatic carbocycles. The van der Waals surface area contributed by atoms with Crippen LogP contribution >= 0.6 is 0 Å². The van der Waals surface area contributed by atoms with Gasteiger partial charge in [-0.05, 0) is 13.8 Å². The van der Waals surface area contributed by atoms with Gasteiger partial charge in [-0.2, -0.15) is 0 Å². The SMILES string of the molecule is CC(C)OCC(=O)N1CC(O)CC1C(=O)O. The van der Waals surface area contributed by atoms with Gasteiger partial charge < -0.3 is 19.8 Å². The summed E-state index contributed by atoms with van der Waals surface area (Å²) in [5.74, 6) is -1.48. The number of aliphatic hydroxyl groups is 1. The van der Waals surface area contributed by atoms with Crippen LogP contribution in [0.4, 0.5) is 0 Å². The molecule has 1 aliphatic heterocycles. The van der Waals surface area contributed by atoms with Gasteiger partial charge in [-0.3, -0.25) is 4.79 Å². The van der Waals surface area contributed by atoms with Crippen molar-refractivity contribution in [1.29, 1.82) is 0 Å². The van der Waals surface area contributed by atoms with Crippen molar-refractivity contribution in [3.63, 3.8) is 0 Å². The normalized spacial score (nSPS) is 25.1. The minimum atomic E-state index is -1.09. The average molecular weight is 231 g/mol. The molecule has 0 aromatic heterocycles. The Balaban J connectivity index is 2.56. The highest BCUT2D eigenvalue weighted by atomic mass is 16.5. The molecule has 0 aromatic carbocycles. The molecule has 6 nitrogen and oxygen atoms in total. The predicted molar refractivity (Wildman–Crippen MR) is 54.8 cm³/mol. The Morgan fingerprint density at radius 2 is 2.12 bits per heavy atom. The number of rotatable bonds is 4. The number of amides is 1. The highest BCUT2D eigenvalue weighted by Gasteiger charge is 2.38. The van der Waals surface area contributed by atoms with E-state index in [4.69, 9.17) is 9.84 Å². The van der Waals surface area contributed by atoms with Gasteiger partial charge in [0.2, 0.25) is 5.91 Å². The summed E-state index contributed by atoms with van der Waals surface area (Å²) in [6.07, 6.45) is -0.758. The van der Waals surface area contributed by atoms with Crippen molar-refractivity contribution in [3.05, 3.63) is 0 Å². The van der Waals surface area contributed by atoms with E-state index in [0.717, 1.165) is 4.90 Å². The molecule has 2 N–H and O–H groups in total. The summed E-state index contributed by atoms with van der Waals surface area (Å²) in [6.45, 7) is 3.51. The van der Waals surface area contributed by atoms with Crippen LogP contribution in [0.15, 0.2) is 0 Å². The van der Waals surface area contributed by atoms with Gasteiger partial charge in [0.05, 0.1) is 12.2 Å². The van der Waals surface area contributed by atoms with Gasteiger partial charge in [-0.25, -0.2) is 4.79 Å². The lowest BCUT2D eigenvalue weighted by Crippen LogP contribution is -2.42. The Bertz CT molecular complexity index is 278. The molecule has 1 aliphatic rings. The van der Waals surface area contributed by atoms with Gasteiger partial charge in [0.25, 0.3) is 0 Å². The number of ether oxygens (including phenoxy) is 1. The van der Waals surface area contributed by atoms with Gasteiger partial charge >= 0.3 is 5.97 Å².